The van der Waals surface area contributed by atoms with Gasteiger partial charge in [0.2, 0.25) is 0 Å². The van der Waals surface area contributed by atoms with Crippen LogP contribution in [0, 0.1) is 13.8 Å². The van der Waals surface area contributed by atoms with Gasteiger partial charge in [0.25, 0.3) is 0 Å². The Kier molecular flexibility index (Phi) is 5.33. The summed E-state index contributed by atoms with van der Waals surface area (Å²) in [6, 6.07) is 12.0. The molecule has 2 aromatic carbocycles. The maximum Gasteiger partial charge on any atom is 0.336 e. The van der Waals surface area contributed by atoms with E-state index < -0.39 is 0 Å². The second-order valence-corrected chi connectivity index (χ2v) is 7.91. The lowest BCUT2D eigenvalue weighted by Gasteiger charge is -2.24. The molecule has 152 valence electrons. The fourth-order valence-corrected chi connectivity index (χ4v) is 4.48. The quantitative estimate of drug-likeness (QED) is 0.675. The molecular weight excluding hydrogens is 366 g/mol. The molecule has 5 heteroatoms. The summed E-state index contributed by atoms with van der Waals surface area (Å²) < 4.78 is 16.6. The van der Waals surface area contributed by atoms with Crippen LogP contribution in [0.3, 0.4) is 0 Å². The van der Waals surface area contributed by atoms with Crippen molar-refractivity contribution in [3.63, 3.8) is 0 Å². The lowest BCUT2D eigenvalue weighted by atomic mass is 10.0. The van der Waals surface area contributed by atoms with Crippen LogP contribution in [0.1, 0.15) is 41.1 Å². The largest absolute Gasteiger partial charge is 0.497 e. The number of aryl methyl sites for hydroxylation is 2. The zero-order valence-electron chi connectivity index (χ0n) is 17.5. The summed E-state index contributed by atoms with van der Waals surface area (Å²) in [6.45, 7) is 5.96. The van der Waals surface area contributed by atoms with Crippen molar-refractivity contribution in [3.8, 4) is 11.5 Å². The Morgan fingerprint density at radius 3 is 2.62 bits per heavy atom. The van der Waals surface area contributed by atoms with Gasteiger partial charge in [0, 0.05) is 29.9 Å². The van der Waals surface area contributed by atoms with E-state index in [9.17, 15) is 4.79 Å². The lowest BCUT2D eigenvalue weighted by Crippen LogP contribution is -3.08. The Balaban J connectivity index is 1.73. The van der Waals surface area contributed by atoms with E-state index in [2.05, 4.69) is 19.1 Å². The Morgan fingerprint density at radius 1 is 1.07 bits per heavy atom. The Bertz CT molecular complexity index is 1100. The summed E-state index contributed by atoms with van der Waals surface area (Å²) in [5.74, 6) is 1.73. The highest BCUT2D eigenvalue weighted by atomic mass is 16.5. The van der Waals surface area contributed by atoms with E-state index in [1.807, 2.05) is 25.1 Å². The third-order valence-electron chi connectivity index (χ3n) is 6.16. The summed E-state index contributed by atoms with van der Waals surface area (Å²) in [7, 11) is 3.39. The van der Waals surface area contributed by atoms with E-state index in [-0.39, 0.29) is 5.63 Å². The Hall–Kier alpha value is -2.79. The highest BCUT2D eigenvalue weighted by molar-refractivity contribution is 5.81. The van der Waals surface area contributed by atoms with E-state index in [1.165, 1.54) is 16.0 Å². The molecule has 1 unspecified atom stereocenters. The molecule has 2 atom stereocenters. The summed E-state index contributed by atoms with van der Waals surface area (Å²) in [6.07, 6.45) is 2.22. The molecule has 1 N–H and O–H groups in total. The first-order valence-electron chi connectivity index (χ1n) is 10.1. The van der Waals surface area contributed by atoms with Gasteiger partial charge in [-0.3, -0.25) is 0 Å². The number of fused-ring (bicyclic) bond motifs is 1. The Labute approximate surface area is 170 Å². The average molecular weight is 394 g/mol. The van der Waals surface area contributed by atoms with Crippen molar-refractivity contribution in [1.82, 2.24) is 0 Å². The van der Waals surface area contributed by atoms with E-state index >= 15 is 0 Å². The van der Waals surface area contributed by atoms with Gasteiger partial charge in [-0.15, -0.1) is 0 Å². The number of ether oxygens (including phenoxy) is 2. The minimum absolute atomic E-state index is 0.287. The van der Waals surface area contributed by atoms with E-state index in [1.54, 1.807) is 20.3 Å². The molecular formula is C24H28NO4+. The van der Waals surface area contributed by atoms with Crippen LogP contribution >= 0.6 is 0 Å². The second-order valence-electron chi connectivity index (χ2n) is 7.91. The number of quaternary nitrogens is 1. The van der Waals surface area contributed by atoms with Gasteiger partial charge in [0.05, 0.1) is 26.3 Å². The fraction of sp³-hybridized carbons (Fsp3) is 0.375. The van der Waals surface area contributed by atoms with Crippen molar-refractivity contribution in [2.75, 3.05) is 20.8 Å². The van der Waals surface area contributed by atoms with Crippen molar-refractivity contribution in [2.24, 2.45) is 0 Å². The third-order valence-corrected chi connectivity index (χ3v) is 6.16. The molecule has 29 heavy (non-hydrogen) atoms. The molecule has 0 spiro atoms. The van der Waals surface area contributed by atoms with Crippen molar-refractivity contribution < 1.29 is 18.8 Å². The van der Waals surface area contributed by atoms with E-state index in [0.29, 0.717) is 11.6 Å². The van der Waals surface area contributed by atoms with Crippen LogP contribution in [0.15, 0.2) is 45.6 Å². The summed E-state index contributed by atoms with van der Waals surface area (Å²) in [4.78, 5) is 13.6. The SMILES string of the molecule is COc1ccc(OC)c([C@H]2CCC[NH+]2Cc2cc(=O)oc3cc(C)c(C)cc23)c1. The normalized spacial score (nSPS) is 18.9. The number of likely N-dealkylation sites (tertiary alicyclic amines) is 1. The molecule has 1 saturated heterocycles. The summed E-state index contributed by atoms with van der Waals surface area (Å²) in [5, 5.41) is 1.03. The van der Waals surface area contributed by atoms with Gasteiger partial charge in [-0.05, 0) is 55.3 Å². The van der Waals surface area contributed by atoms with E-state index in [4.69, 9.17) is 13.9 Å². The molecule has 2 heterocycles. The first-order valence-corrected chi connectivity index (χ1v) is 10.1. The maximum atomic E-state index is 12.2. The van der Waals surface area contributed by atoms with Gasteiger partial charge >= 0.3 is 5.63 Å². The van der Waals surface area contributed by atoms with Gasteiger partial charge in [0.1, 0.15) is 29.7 Å². The van der Waals surface area contributed by atoms with Gasteiger partial charge in [0.15, 0.2) is 0 Å². The number of hydrogen-bond acceptors (Lipinski definition) is 4. The highest BCUT2D eigenvalue weighted by Crippen LogP contribution is 2.32. The molecule has 0 radical (unpaired) electrons. The van der Waals surface area contributed by atoms with Crippen LogP contribution < -0.4 is 20.0 Å². The molecule has 5 nitrogen and oxygen atoms in total. The number of methoxy groups -OCH3 is 2. The fourth-order valence-electron chi connectivity index (χ4n) is 4.48. The topological polar surface area (TPSA) is 53.1 Å². The molecule has 0 aliphatic carbocycles. The van der Waals surface area contributed by atoms with E-state index in [0.717, 1.165) is 53.9 Å². The van der Waals surface area contributed by atoms with Crippen LogP contribution in [-0.4, -0.2) is 20.8 Å². The van der Waals surface area contributed by atoms with Gasteiger partial charge < -0.3 is 18.8 Å². The summed E-state index contributed by atoms with van der Waals surface area (Å²) >= 11 is 0. The zero-order valence-corrected chi connectivity index (χ0v) is 17.5. The van der Waals surface area contributed by atoms with Gasteiger partial charge in [-0.25, -0.2) is 4.79 Å². The smallest absolute Gasteiger partial charge is 0.336 e. The number of hydrogen-bond donors (Lipinski definition) is 1. The molecule has 1 aromatic heterocycles. The predicted molar refractivity (Wildman–Crippen MR) is 113 cm³/mol. The predicted octanol–water partition coefficient (Wildman–Crippen LogP) is 3.35. The highest BCUT2D eigenvalue weighted by Gasteiger charge is 2.33. The molecule has 1 aliphatic heterocycles. The lowest BCUT2D eigenvalue weighted by molar-refractivity contribution is -0.931. The minimum Gasteiger partial charge on any atom is -0.497 e. The van der Waals surface area contributed by atoms with Crippen LogP contribution in [0.4, 0.5) is 0 Å². The van der Waals surface area contributed by atoms with Gasteiger partial charge in [-0.1, -0.05) is 0 Å². The monoisotopic (exact) mass is 394 g/mol. The standard InChI is InChI=1S/C24H27NO4/c1-15-10-19-17(12-24(26)29-23(19)11-16(15)2)14-25-9-5-6-21(25)20-13-18(27-3)7-8-22(20)28-4/h7-8,10-13,21H,5-6,9,14H2,1-4H3/p+1/t21-/m1/s1. The molecule has 4 rings (SSSR count). The molecule has 3 aromatic rings. The number of nitrogens with one attached hydrogen (secondary N) is 1. The molecule has 1 fully saturated rings. The maximum absolute atomic E-state index is 12.2. The molecule has 0 saturated carbocycles. The number of benzene rings is 2. The van der Waals surface area contributed by atoms with Crippen LogP contribution in [0.2, 0.25) is 0 Å². The first kappa shape index (κ1) is 19.5. The number of rotatable bonds is 5. The third kappa shape index (κ3) is 3.75. The van der Waals surface area contributed by atoms with Crippen molar-refractivity contribution in [1.29, 1.82) is 0 Å². The minimum atomic E-state index is -0.287. The average Bonchev–Trinajstić information content (AvgIpc) is 3.17. The van der Waals surface area contributed by atoms with Crippen molar-refractivity contribution >= 4 is 11.0 Å². The van der Waals surface area contributed by atoms with Gasteiger partial charge in [-0.2, -0.15) is 0 Å². The van der Waals surface area contributed by atoms with Crippen LogP contribution in [0.25, 0.3) is 11.0 Å². The molecule has 0 amide bonds. The Morgan fingerprint density at radius 2 is 1.86 bits per heavy atom. The molecule has 0 bridgehead atoms. The van der Waals surface area contributed by atoms with Crippen molar-refractivity contribution in [3.05, 3.63) is 69.1 Å². The first-order chi connectivity index (χ1) is 14.0. The van der Waals surface area contributed by atoms with Crippen molar-refractivity contribution in [2.45, 2.75) is 39.3 Å². The molecule has 1 aliphatic rings. The van der Waals surface area contributed by atoms with Crippen LogP contribution in [0.5, 0.6) is 11.5 Å². The zero-order chi connectivity index (χ0) is 20.5. The second kappa shape index (κ2) is 7.91. The summed E-state index contributed by atoms with van der Waals surface area (Å²) in [5.41, 5.74) is 4.93. The van der Waals surface area contributed by atoms with Crippen LogP contribution in [-0.2, 0) is 6.54 Å².